The Morgan fingerprint density at radius 2 is 1.91 bits per heavy atom. The molecule has 1 aliphatic rings. The molecule has 8 heteroatoms. The molecular formula is C27H27FN6O. The lowest BCUT2D eigenvalue weighted by Gasteiger charge is -2.33. The van der Waals surface area contributed by atoms with Gasteiger partial charge in [-0.05, 0) is 50.1 Å². The highest BCUT2D eigenvalue weighted by atomic mass is 19.1. The van der Waals surface area contributed by atoms with Crippen molar-refractivity contribution >= 4 is 5.91 Å². The number of nitrogens with zero attached hydrogens (tertiary/aromatic N) is 5. The van der Waals surface area contributed by atoms with Crippen LogP contribution in [0.2, 0.25) is 0 Å². The van der Waals surface area contributed by atoms with E-state index in [0.29, 0.717) is 22.5 Å². The fourth-order valence-electron chi connectivity index (χ4n) is 4.53. The van der Waals surface area contributed by atoms with Crippen molar-refractivity contribution in [2.75, 3.05) is 13.1 Å². The lowest BCUT2D eigenvalue weighted by molar-refractivity contribution is 0.0900. The van der Waals surface area contributed by atoms with Crippen LogP contribution < -0.4 is 5.32 Å². The van der Waals surface area contributed by atoms with Crippen molar-refractivity contribution in [1.29, 1.82) is 0 Å². The van der Waals surface area contributed by atoms with E-state index in [4.69, 9.17) is 0 Å². The number of carbonyl (C=O) groups is 1. The monoisotopic (exact) mass is 470 g/mol. The molecule has 0 radical (unpaired) electrons. The van der Waals surface area contributed by atoms with E-state index in [9.17, 15) is 9.18 Å². The fourth-order valence-corrected chi connectivity index (χ4v) is 4.53. The Hall–Kier alpha value is -3.91. The van der Waals surface area contributed by atoms with Crippen LogP contribution in [0.25, 0.3) is 17.2 Å². The molecule has 1 amide bonds. The zero-order valence-electron chi connectivity index (χ0n) is 19.6. The maximum atomic E-state index is 14.2. The molecule has 1 saturated heterocycles. The minimum Gasteiger partial charge on any atom is -0.348 e. The predicted octanol–water partition coefficient (Wildman–Crippen LogP) is 4.17. The van der Waals surface area contributed by atoms with Crippen molar-refractivity contribution in [3.8, 4) is 17.2 Å². The second kappa shape index (κ2) is 10.1. The van der Waals surface area contributed by atoms with E-state index in [-0.39, 0.29) is 23.7 Å². The number of halogens is 1. The minimum atomic E-state index is -0.358. The maximum Gasteiger partial charge on any atom is 0.255 e. The summed E-state index contributed by atoms with van der Waals surface area (Å²) in [5.74, 6) is -0.234. The summed E-state index contributed by atoms with van der Waals surface area (Å²) in [7, 11) is 0. The maximum absolute atomic E-state index is 14.2. The SMILES string of the molecule is Cc1c(C(=O)N[C@H]2CCCN(Cc3ccccc3)C2)cnn1-c1nccc(-c2ccccc2F)n1. The summed E-state index contributed by atoms with van der Waals surface area (Å²) in [5, 5.41) is 7.53. The molecule has 35 heavy (non-hydrogen) atoms. The van der Waals surface area contributed by atoms with Gasteiger partial charge in [0.25, 0.3) is 11.9 Å². The smallest absolute Gasteiger partial charge is 0.255 e. The zero-order valence-corrected chi connectivity index (χ0v) is 19.6. The molecule has 3 heterocycles. The highest BCUT2D eigenvalue weighted by Crippen LogP contribution is 2.21. The van der Waals surface area contributed by atoms with Gasteiger partial charge in [-0.2, -0.15) is 5.10 Å². The van der Waals surface area contributed by atoms with Gasteiger partial charge >= 0.3 is 0 Å². The van der Waals surface area contributed by atoms with Crippen LogP contribution in [0.4, 0.5) is 4.39 Å². The highest BCUT2D eigenvalue weighted by molar-refractivity contribution is 5.95. The molecule has 2 aromatic carbocycles. The van der Waals surface area contributed by atoms with E-state index in [1.807, 2.05) is 13.0 Å². The van der Waals surface area contributed by atoms with E-state index < -0.39 is 0 Å². The molecule has 1 aliphatic heterocycles. The Morgan fingerprint density at radius 3 is 2.74 bits per heavy atom. The van der Waals surface area contributed by atoms with Gasteiger partial charge in [0.15, 0.2) is 0 Å². The van der Waals surface area contributed by atoms with E-state index in [1.54, 1.807) is 30.5 Å². The largest absolute Gasteiger partial charge is 0.348 e. The summed E-state index contributed by atoms with van der Waals surface area (Å²) in [4.78, 5) is 24.3. The quantitative estimate of drug-likeness (QED) is 0.458. The molecule has 178 valence electrons. The molecule has 7 nitrogen and oxygen atoms in total. The third-order valence-corrected chi connectivity index (χ3v) is 6.33. The summed E-state index contributed by atoms with van der Waals surface area (Å²) >= 11 is 0. The number of nitrogens with one attached hydrogen (secondary N) is 1. The number of aromatic nitrogens is 4. The Labute approximate surface area is 203 Å². The number of piperidine rings is 1. The van der Waals surface area contributed by atoms with Gasteiger partial charge in [-0.1, -0.05) is 42.5 Å². The summed E-state index contributed by atoms with van der Waals surface area (Å²) < 4.78 is 15.7. The van der Waals surface area contributed by atoms with Crippen LogP contribution in [0.15, 0.2) is 73.1 Å². The van der Waals surface area contributed by atoms with Gasteiger partial charge < -0.3 is 5.32 Å². The molecule has 0 unspecified atom stereocenters. The van der Waals surface area contributed by atoms with Gasteiger partial charge in [0.1, 0.15) is 5.82 Å². The topological polar surface area (TPSA) is 75.9 Å². The fraction of sp³-hybridized carbons (Fsp3) is 0.259. The molecular weight excluding hydrogens is 443 g/mol. The molecule has 1 N–H and O–H groups in total. The minimum absolute atomic E-state index is 0.0725. The third-order valence-electron chi connectivity index (χ3n) is 6.33. The molecule has 5 rings (SSSR count). The van der Waals surface area contributed by atoms with Crippen LogP contribution in [-0.2, 0) is 6.54 Å². The number of amides is 1. The summed E-state index contributed by atoms with van der Waals surface area (Å²) in [6.07, 6.45) is 5.08. The lowest BCUT2D eigenvalue weighted by atomic mass is 10.0. The molecule has 1 atom stereocenters. The number of benzene rings is 2. The first-order chi connectivity index (χ1) is 17.1. The normalized spacial score (nSPS) is 16.2. The molecule has 0 aliphatic carbocycles. The second-order valence-corrected chi connectivity index (χ2v) is 8.81. The number of hydrogen-bond donors (Lipinski definition) is 1. The van der Waals surface area contributed by atoms with Gasteiger partial charge in [0.2, 0.25) is 0 Å². The molecule has 0 bridgehead atoms. The van der Waals surface area contributed by atoms with Crippen LogP contribution in [0.3, 0.4) is 0 Å². The van der Waals surface area contributed by atoms with Crippen LogP contribution in [0.1, 0.15) is 34.5 Å². The van der Waals surface area contributed by atoms with Gasteiger partial charge in [0.05, 0.1) is 23.1 Å². The van der Waals surface area contributed by atoms with E-state index >= 15 is 0 Å². The van der Waals surface area contributed by atoms with Gasteiger partial charge in [-0.3, -0.25) is 9.69 Å². The highest BCUT2D eigenvalue weighted by Gasteiger charge is 2.24. The summed E-state index contributed by atoms with van der Waals surface area (Å²) in [5.41, 5.74) is 3.22. The Balaban J connectivity index is 1.29. The molecule has 0 saturated carbocycles. The standard InChI is InChI=1S/C27H27FN6O/c1-19-23(26(35)31-21-10-7-15-33(18-21)17-20-8-3-2-4-9-20)16-30-34(19)27-29-14-13-25(32-27)22-11-5-6-12-24(22)28/h2-6,8-9,11-14,16,21H,7,10,15,17-18H2,1H3,(H,31,35)/t21-/m0/s1. The van der Waals surface area contributed by atoms with Gasteiger partial charge in [0, 0.05) is 30.9 Å². The molecule has 0 spiro atoms. The van der Waals surface area contributed by atoms with Crippen LogP contribution in [0.5, 0.6) is 0 Å². The van der Waals surface area contributed by atoms with Crippen LogP contribution in [0, 0.1) is 12.7 Å². The van der Waals surface area contributed by atoms with E-state index in [1.165, 1.54) is 22.5 Å². The second-order valence-electron chi connectivity index (χ2n) is 8.81. The number of carbonyl (C=O) groups excluding carboxylic acids is 1. The molecule has 4 aromatic rings. The summed E-state index contributed by atoms with van der Waals surface area (Å²) in [6, 6.07) is 18.6. The molecule has 2 aromatic heterocycles. The van der Waals surface area contributed by atoms with Crippen molar-refractivity contribution in [2.45, 2.75) is 32.4 Å². The van der Waals surface area contributed by atoms with Crippen molar-refractivity contribution in [3.63, 3.8) is 0 Å². The number of hydrogen-bond acceptors (Lipinski definition) is 5. The zero-order chi connectivity index (χ0) is 24.2. The number of rotatable bonds is 6. The van der Waals surface area contributed by atoms with Crippen molar-refractivity contribution in [2.24, 2.45) is 0 Å². The molecule has 1 fully saturated rings. The predicted molar refractivity (Wildman–Crippen MR) is 131 cm³/mol. The first-order valence-corrected chi connectivity index (χ1v) is 11.8. The van der Waals surface area contributed by atoms with Gasteiger partial charge in [-0.15, -0.1) is 0 Å². The Bertz CT molecular complexity index is 1320. The van der Waals surface area contributed by atoms with Crippen molar-refractivity contribution in [3.05, 3.63) is 95.7 Å². The van der Waals surface area contributed by atoms with E-state index in [0.717, 1.165) is 32.5 Å². The van der Waals surface area contributed by atoms with Crippen LogP contribution >= 0.6 is 0 Å². The van der Waals surface area contributed by atoms with E-state index in [2.05, 4.69) is 49.5 Å². The average Bonchev–Trinajstić information content (AvgIpc) is 3.27. The Morgan fingerprint density at radius 1 is 1.11 bits per heavy atom. The summed E-state index contributed by atoms with van der Waals surface area (Å²) in [6.45, 7) is 4.51. The van der Waals surface area contributed by atoms with Crippen LogP contribution in [-0.4, -0.2) is 49.7 Å². The van der Waals surface area contributed by atoms with Crippen molar-refractivity contribution < 1.29 is 9.18 Å². The number of likely N-dealkylation sites (tertiary alicyclic amines) is 1. The van der Waals surface area contributed by atoms with Crippen molar-refractivity contribution in [1.82, 2.24) is 30.0 Å². The van der Waals surface area contributed by atoms with Gasteiger partial charge in [-0.25, -0.2) is 19.0 Å². The third kappa shape index (κ3) is 5.12. The lowest BCUT2D eigenvalue weighted by Crippen LogP contribution is -2.47. The Kier molecular flexibility index (Phi) is 6.63. The first-order valence-electron chi connectivity index (χ1n) is 11.8. The first kappa shape index (κ1) is 22.9. The average molecular weight is 471 g/mol.